The zero-order valence-corrected chi connectivity index (χ0v) is 11.3. The Hall–Kier alpha value is -1.71. The lowest BCUT2D eigenvalue weighted by atomic mass is 10.1. The highest BCUT2D eigenvalue weighted by Gasteiger charge is 2.12. The lowest BCUT2D eigenvalue weighted by molar-refractivity contribution is 0.0933. The maximum absolute atomic E-state index is 12.1. The van der Waals surface area contributed by atoms with E-state index >= 15 is 0 Å². The van der Waals surface area contributed by atoms with Crippen LogP contribution in [-0.2, 0) is 0 Å². The molecule has 0 heterocycles. The molecular formula is C14H22N2O2. The summed E-state index contributed by atoms with van der Waals surface area (Å²) in [4.78, 5) is 12.1. The number of methoxy groups -OCH3 is 1. The van der Waals surface area contributed by atoms with E-state index in [1.165, 1.54) is 0 Å². The highest BCUT2D eigenvalue weighted by Crippen LogP contribution is 2.22. The summed E-state index contributed by atoms with van der Waals surface area (Å²) in [6, 6.07) is 5.30. The average molecular weight is 250 g/mol. The molecule has 0 bridgehead atoms. The predicted molar refractivity (Wildman–Crippen MR) is 73.9 cm³/mol. The maximum Gasteiger partial charge on any atom is 0.251 e. The van der Waals surface area contributed by atoms with Crippen molar-refractivity contribution in [1.29, 1.82) is 0 Å². The molecule has 3 N–H and O–H groups in total. The van der Waals surface area contributed by atoms with Crippen molar-refractivity contribution in [2.75, 3.05) is 12.8 Å². The Bertz CT molecular complexity index is 405. The number of amides is 1. The van der Waals surface area contributed by atoms with Gasteiger partial charge in [-0.15, -0.1) is 0 Å². The normalized spacial score (nSPS) is 11.9. The van der Waals surface area contributed by atoms with Crippen molar-refractivity contribution in [2.45, 2.75) is 39.2 Å². The van der Waals surface area contributed by atoms with Crippen molar-refractivity contribution in [3.8, 4) is 5.75 Å². The number of hydrogen-bond donors (Lipinski definition) is 2. The number of carbonyl (C=O) groups is 1. The Morgan fingerprint density at radius 3 is 2.72 bits per heavy atom. The average Bonchev–Trinajstić information content (AvgIpc) is 2.38. The Kier molecular flexibility index (Phi) is 5.49. The molecular weight excluding hydrogens is 228 g/mol. The molecule has 0 aliphatic heterocycles. The molecule has 0 aliphatic carbocycles. The molecule has 100 valence electrons. The third kappa shape index (κ3) is 3.65. The Labute approximate surface area is 109 Å². The molecule has 4 heteroatoms. The Morgan fingerprint density at radius 2 is 2.17 bits per heavy atom. The van der Waals surface area contributed by atoms with Crippen molar-refractivity contribution in [3.63, 3.8) is 0 Å². The van der Waals surface area contributed by atoms with Gasteiger partial charge in [0.05, 0.1) is 12.8 Å². The topological polar surface area (TPSA) is 64.4 Å². The minimum absolute atomic E-state index is 0.0754. The maximum atomic E-state index is 12.1. The van der Waals surface area contributed by atoms with Gasteiger partial charge >= 0.3 is 0 Å². The van der Waals surface area contributed by atoms with Crippen LogP contribution in [0, 0.1) is 0 Å². The van der Waals surface area contributed by atoms with Crippen molar-refractivity contribution in [3.05, 3.63) is 23.8 Å². The van der Waals surface area contributed by atoms with Crippen LogP contribution in [0.1, 0.15) is 43.5 Å². The molecule has 1 unspecified atom stereocenters. The molecule has 18 heavy (non-hydrogen) atoms. The van der Waals surface area contributed by atoms with Gasteiger partial charge in [0.25, 0.3) is 5.91 Å². The van der Waals surface area contributed by atoms with Gasteiger partial charge in [-0.2, -0.15) is 0 Å². The fourth-order valence-corrected chi connectivity index (χ4v) is 1.85. The molecule has 1 atom stereocenters. The molecule has 0 aromatic heterocycles. The molecule has 0 radical (unpaired) electrons. The van der Waals surface area contributed by atoms with Gasteiger partial charge in [-0.3, -0.25) is 4.79 Å². The molecule has 0 aliphatic rings. The van der Waals surface area contributed by atoms with Crippen LogP contribution in [0.5, 0.6) is 5.75 Å². The summed E-state index contributed by atoms with van der Waals surface area (Å²) in [5, 5.41) is 3.02. The van der Waals surface area contributed by atoms with E-state index in [1.807, 2.05) is 0 Å². The van der Waals surface area contributed by atoms with Crippen LogP contribution in [-0.4, -0.2) is 19.1 Å². The fraction of sp³-hybridized carbons (Fsp3) is 0.500. The molecule has 0 spiro atoms. The van der Waals surface area contributed by atoms with E-state index in [2.05, 4.69) is 19.2 Å². The monoisotopic (exact) mass is 250 g/mol. The van der Waals surface area contributed by atoms with E-state index in [9.17, 15) is 4.79 Å². The van der Waals surface area contributed by atoms with Gasteiger partial charge in [0.1, 0.15) is 5.75 Å². The van der Waals surface area contributed by atoms with Gasteiger partial charge in [-0.05, 0) is 31.0 Å². The highest BCUT2D eigenvalue weighted by atomic mass is 16.5. The van der Waals surface area contributed by atoms with Gasteiger partial charge < -0.3 is 15.8 Å². The summed E-state index contributed by atoms with van der Waals surface area (Å²) in [6.45, 7) is 4.19. The van der Waals surface area contributed by atoms with E-state index < -0.39 is 0 Å². The molecule has 1 aromatic rings. The third-order valence-corrected chi connectivity index (χ3v) is 2.96. The molecule has 1 amide bonds. The third-order valence-electron chi connectivity index (χ3n) is 2.96. The second kappa shape index (κ2) is 6.89. The number of anilines is 1. The van der Waals surface area contributed by atoms with Gasteiger partial charge in [0, 0.05) is 11.6 Å². The number of benzene rings is 1. The molecule has 4 nitrogen and oxygen atoms in total. The predicted octanol–water partition coefficient (Wildman–Crippen LogP) is 2.59. The zero-order valence-electron chi connectivity index (χ0n) is 11.3. The Morgan fingerprint density at radius 1 is 1.44 bits per heavy atom. The van der Waals surface area contributed by atoms with Crippen molar-refractivity contribution < 1.29 is 9.53 Å². The molecule has 1 aromatic carbocycles. The first-order valence-electron chi connectivity index (χ1n) is 6.36. The molecule has 1 rings (SSSR count). The minimum atomic E-state index is -0.0754. The second-order valence-corrected chi connectivity index (χ2v) is 4.32. The van der Waals surface area contributed by atoms with Crippen LogP contribution in [0.15, 0.2) is 18.2 Å². The largest absolute Gasteiger partial charge is 0.495 e. The van der Waals surface area contributed by atoms with E-state index in [4.69, 9.17) is 10.5 Å². The molecule has 0 saturated carbocycles. The summed E-state index contributed by atoms with van der Waals surface area (Å²) in [7, 11) is 1.54. The fourth-order valence-electron chi connectivity index (χ4n) is 1.85. The summed E-state index contributed by atoms with van der Waals surface area (Å²) in [5.41, 5.74) is 6.83. The summed E-state index contributed by atoms with van der Waals surface area (Å²) in [5.74, 6) is 0.458. The summed E-state index contributed by atoms with van der Waals surface area (Å²) >= 11 is 0. The number of rotatable bonds is 6. The first-order valence-corrected chi connectivity index (χ1v) is 6.36. The van der Waals surface area contributed by atoms with Crippen LogP contribution in [0.2, 0.25) is 0 Å². The number of carbonyl (C=O) groups excluding carboxylic acids is 1. The first kappa shape index (κ1) is 14.4. The molecule has 0 saturated heterocycles. The lowest BCUT2D eigenvalue weighted by Gasteiger charge is -2.16. The number of nitrogen functional groups attached to an aromatic ring is 1. The molecule has 0 fully saturated rings. The standard InChI is InChI=1S/C14H22N2O2/c1-4-6-11(5-2)16-14(17)10-7-8-12(15)13(9-10)18-3/h7-9,11H,4-6,15H2,1-3H3,(H,16,17). The smallest absolute Gasteiger partial charge is 0.251 e. The zero-order chi connectivity index (χ0) is 13.5. The highest BCUT2D eigenvalue weighted by molar-refractivity contribution is 5.95. The van der Waals surface area contributed by atoms with Crippen LogP contribution in [0.3, 0.4) is 0 Å². The first-order chi connectivity index (χ1) is 8.62. The van der Waals surface area contributed by atoms with Crippen molar-refractivity contribution in [2.24, 2.45) is 0 Å². The minimum Gasteiger partial charge on any atom is -0.495 e. The number of nitrogens with one attached hydrogen (secondary N) is 1. The van der Waals surface area contributed by atoms with Crippen LogP contribution >= 0.6 is 0 Å². The Balaban J connectivity index is 2.77. The second-order valence-electron chi connectivity index (χ2n) is 4.32. The van der Waals surface area contributed by atoms with Crippen LogP contribution < -0.4 is 15.8 Å². The summed E-state index contributed by atoms with van der Waals surface area (Å²) < 4.78 is 5.11. The quantitative estimate of drug-likeness (QED) is 0.763. The van der Waals surface area contributed by atoms with Crippen molar-refractivity contribution in [1.82, 2.24) is 5.32 Å². The van der Waals surface area contributed by atoms with Crippen molar-refractivity contribution >= 4 is 11.6 Å². The van der Waals surface area contributed by atoms with Crippen LogP contribution in [0.25, 0.3) is 0 Å². The van der Waals surface area contributed by atoms with E-state index in [0.717, 1.165) is 19.3 Å². The van der Waals surface area contributed by atoms with E-state index in [-0.39, 0.29) is 11.9 Å². The summed E-state index contributed by atoms with van der Waals surface area (Å²) in [6.07, 6.45) is 2.99. The SMILES string of the molecule is CCCC(CC)NC(=O)c1ccc(N)c(OC)c1. The van der Waals surface area contributed by atoms with Crippen LogP contribution in [0.4, 0.5) is 5.69 Å². The van der Waals surface area contributed by atoms with Gasteiger partial charge in [-0.1, -0.05) is 20.3 Å². The van der Waals surface area contributed by atoms with E-state index in [0.29, 0.717) is 17.0 Å². The lowest BCUT2D eigenvalue weighted by Crippen LogP contribution is -2.34. The van der Waals surface area contributed by atoms with Gasteiger partial charge in [0.2, 0.25) is 0 Å². The number of nitrogens with two attached hydrogens (primary N) is 1. The van der Waals surface area contributed by atoms with Gasteiger partial charge in [0.15, 0.2) is 0 Å². The van der Waals surface area contributed by atoms with E-state index in [1.54, 1.807) is 25.3 Å². The van der Waals surface area contributed by atoms with Gasteiger partial charge in [-0.25, -0.2) is 0 Å². The number of hydrogen-bond acceptors (Lipinski definition) is 3. The number of ether oxygens (including phenoxy) is 1.